The summed E-state index contributed by atoms with van der Waals surface area (Å²) < 4.78 is 0. The van der Waals surface area contributed by atoms with Gasteiger partial charge in [-0.3, -0.25) is 4.79 Å². The Hall–Kier alpha value is -1.63. The van der Waals surface area contributed by atoms with E-state index in [-0.39, 0.29) is 6.15 Å². The Morgan fingerprint density at radius 3 is 1.31 bits per heavy atom. The lowest BCUT2D eigenvalue weighted by Crippen LogP contribution is -2.09. The summed E-state index contributed by atoms with van der Waals surface area (Å²) in [5.74, 6) is -4.36. The Balaban J connectivity index is -0.000000143. The summed E-state index contributed by atoms with van der Waals surface area (Å²) in [5, 5.41) is 22.7. The van der Waals surface area contributed by atoms with Gasteiger partial charge in [-0.25, -0.2) is 9.59 Å². The highest BCUT2D eigenvalue weighted by molar-refractivity contribution is 6.27. The Kier molecular flexibility index (Phi) is 13.9. The molecule has 0 aliphatic carbocycles. The van der Waals surface area contributed by atoms with Crippen LogP contribution in [0.15, 0.2) is 0 Å². The van der Waals surface area contributed by atoms with Crippen molar-refractivity contribution < 1.29 is 29.7 Å². The molecule has 0 aromatic carbocycles. The van der Waals surface area contributed by atoms with Gasteiger partial charge in [-0.1, -0.05) is 6.92 Å². The van der Waals surface area contributed by atoms with Gasteiger partial charge in [0.2, 0.25) is 0 Å². The largest absolute Gasteiger partial charge is 0.481 e. The van der Waals surface area contributed by atoms with Crippen molar-refractivity contribution in [2.45, 2.75) is 19.8 Å². The predicted molar refractivity (Wildman–Crippen MR) is 42.8 cm³/mol. The van der Waals surface area contributed by atoms with Gasteiger partial charge in [0.05, 0.1) is 0 Å². The van der Waals surface area contributed by atoms with Crippen molar-refractivity contribution in [1.82, 2.24) is 6.15 Å². The molecule has 0 heterocycles. The van der Waals surface area contributed by atoms with Crippen molar-refractivity contribution in [1.29, 1.82) is 0 Å². The van der Waals surface area contributed by atoms with Crippen LogP contribution in [0.25, 0.3) is 0 Å². The third-order valence-corrected chi connectivity index (χ3v) is 0.647. The van der Waals surface area contributed by atoms with E-state index in [1.165, 1.54) is 0 Å². The van der Waals surface area contributed by atoms with Crippen LogP contribution in [0.3, 0.4) is 0 Å². The quantitative estimate of drug-likeness (QED) is 0.459. The molecule has 13 heavy (non-hydrogen) atoms. The first-order valence-corrected chi connectivity index (χ1v) is 3.09. The van der Waals surface area contributed by atoms with Crippen molar-refractivity contribution in [2.24, 2.45) is 0 Å². The number of carboxylic acid groups (broad SMARTS) is 3. The van der Waals surface area contributed by atoms with Crippen LogP contribution < -0.4 is 6.15 Å². The molecule has 0 rings (SSSR count). The standard InChI is InChI=1S/C4H8O2.C2H2O4.H3N/c1-2-3-4(5)6;3-1(4)2(5)6;/h2-3H2,1H3,(H,5,6);(H,3,4)(H,5,6);1H3. The highest BCUT2D eigenvalue weighted by Crippen LogP contribution is 1.82. The van der Waals surface area contributed by atoms with E-state index in [2.05, 4.69) is 0 Å². The summed E-state index contributed by atoms with van der Waals surface area (Å²) in [6, 6.07) is 0. The lowest BCUT2D eigenvalue weighted by molar-refractivity contribution is -0.159. The van der Waals surface area contributed by atoms with E-state index in [9.17, 15) is 4.79 Å². The van der Waals surface area contributed by atoms with Crippen molar-refractivity contribution in [3.8, 4) is 0 Å². The van der Waals surface area contributed by atoms with Crippen LogP contribution in [-0.4, -0.2) is 33.2 Å². The van der Waals surface area contributed by atoms with Gasteiger partial charge in [0.15, 0.2) is 0 Å². The fraction of sp³-hybridized carbons (Fsp3) is 0.500. The zero-order valence-electron chi connectivity index (χ0n) is 7.19. The molecule has 0 atom stereocenters. The van der Waals surface area contributed by atoms with E-state index >= 15 is 0 Å². The van der Waals surface area contributed by atoms with Crippen molar-refractivity contribution in [3.05, 3.63) is 0 Å². The van der Waals surface area contributed by atoms with Crippen LogP contribution in [-0.2, 0) is 14.4 Å². The number of aliphatic carboxylic acids is 3. The maximum atomic E-state index is 9.60. The molecule has 6 N–H and O–H groups in total. The molecular weight excluding hydrogens is 182 g/mol. The lowest BCUT2D eigenvalue weighted by atomic mass is 10.4. The third kappa shape index (κ3) is 25.2. The third-order valence-electron chi connectivity index (χ3n) is 0.647. The molecule has 7 nitrogen and oxygen atoms in total. The molecule has 0 aromatic rings. The molecule has 0 saturated heterocycles. The molecule has 7 heteroatoms. The smallest absolute Gasteiger partial charge is 0.414 e. The molecule has 0 spiro atoms. The molecule has 0 aliphatic heterocycles. The summed E-state index contributed by atoms with van der Waals surface area (Å²) in [4.78, 5) is 27.8. The van der Waals surface area contributed by atoms with Gasteiger partial charge in [0.1, 0.15) is 0 Å². The van der Waals surface area contributed by atoms with E-state index in [0.717, 1.165) is 6.42 Å². The van der Waals surface area contributed by atoms with Crippen molar-refractivity contribution >= 4 is 17.9 Å². The maximum absolute atomic E-state index is 9.60. The number of carboxylic acids is 3. The Morgan fingerprint density at radius 1 is 1.00 bits per heavy atom. The average molecular weight is 195 g/mol. The Bertz CT molecular complexity index is 166. The molecule has 0 aromatic heterocycles. The Labute approximate surface area is 74.6 Å². The van der Waals surface area contributed by atoms with Gasteiger partial charge in [-0.2, -0.15) is 0 Å². The second kappa shape index (κ2) is 10.4. The molecule has 0 aliphatic rings. The van der Waals surface area contributed by atoms with Crippen LogP contribution >= 0.6 is 0 Å². The van der Waals surface area contributed by atoms with Gasteiger partial charge < -0.3 is 21.5 Å². The minimum Gasteiger partial charge on any atom is -0.481 e. The van der Waals surface area contributed by atoms with Gasteiger partial charge in [-0.15, -0.1) is 0 Å². The van der Waals surface area contributed by atoms with Gasteiger partial charge in [0.25, 0.3) is 0 Å². The van der Waals surface area contributed by atoms with Crippen LogP contribution in [0.5, 0.6) is 0 Å². The highest BCUT2D eigenvalue weighted by Gasteiger charge is 2.04. The second-order valence-corrected chi connectivity index (χ2v) is 1.75. The molecule has 0 saturated carbocycles. The van der Waals surface area contributed by atoms with E-state index in [4.69, 9.17) is 24.9 Å². The average Bonchev–Trinajstić information content (AvgIpc) is 1.87. The zero-order valence-corrected chi connectivity index (χ0v) is 7.19. The molecule has 0 amide bonds. The first kappa shape index (κ1) is 17.5. The minimum atomic E-state index is -1.82. The molecular formula is C6H13NO6. The van der Waals surface area contributed by atoms with E-state index < -0.39 is 17.9 Å². The SMILES string of the molecule is CCCC(=O)O.N.O=C(O)C(=O)O. The van der Waals surface area contributed by atoms with Crippen LogP contribution in [0.4, 0.5) is 0 Å². The summed E-state index contributed by atoms with van der Waals surface area (Å²) in [6.45, 7) is 1.84. The summed E-state index contributed by atoms with van der Waals surface area (Å²) >= 11 is 0. The summed E-state index contributed by atoms with van der Waals surface area (Å²) in [5.41, 5.74) is 0. The second-order valence-electron chi connectivity index (χ2n) is 1.75. The van der Waals surface area contributed by atoms with Crippen molar-refractivity contribution in [2.75, 3.05) is 0 Å². The number of carbonyl (C=O) groups is 3. The first-order chi connectivity index (χ1) is 5.41. The number of rotatable bonds is 2. The van der Waals surface area contributed by atoms with Crippen molar-refractivity contribution in [3.63, 3.8) is 0 Å². The normalized spacial score (nSPS) is 7.15. The molecule has 0 unspecified atom stereocenters. The fourth-order valence-electron chi connectivity index (χ4n) is 0.214. The minimum absolute atomic E-state index is 0. The molecule has 0 radical (unpaired) electrons. The van der Waals surface area contributed by atoms with E-state index in [1.807, 2.05) is 6.92 Å². The van der Waals surface area contributed by atoms with E-state index in [1.54, 1.807) is 0 Å². The van der Waals surface area contributed by atoms with Crippen LogP contribution in [0, 0.1) is 0 Å². The zero-order chi connectivity index (χ0) is 10.1. The van der Waals surface area contributed by atoms with Gasteiger partial charge in [0, 0.05) is 6.42 Å². The first-order valence-electron chi connectivity index (χ1n) is 3.09. The van der Waals surface area contributed by atoms with Gasteiger partial charge in [-0.05, 0) is 6.42 Å². The number of hydrogen-bond acceptors (Lipinski definition) is 4. The van der Waals surface area contributed by atoms with E-state index in [0.29, 0.717) is 6.42 Å². The van der Waals surface area contributed by atoms with Crippen LogP contribution in [0.2, 0.25) is 0 Å². The monoisotopic (exact) mass is 195 g/mol. The molecule has 0 bridgehead atoms. The fourth-order valence-corrected chi connectivity index (χ4v) is 0.214. The Morgan fingerprint density at radius 2 is 1.31 bits per heavy atom. The molecule has 78 valence electrons. The number of hydrogen-bond donors (Lipinski definition) is 4. The topological polar surface area (TPSA) is 147 Å². The highest BCUT2D eigenvalue weighted by atomic mass is 16.4. The maximum Gasteiger partial charge on any atom is 0.414 e. The van der Waals surface area contributed by atoms with Gasteiger partial charge >= 0.3 is 17.9 Å². The van der Waals surface area contributed by atoms with Crippen LogP contribution in [0.1, 0.15) is 19.8 Å². The predicted octanol–water partition coefficient (Wildman–Crippen LogP) is 0.189. The summed E-state index contributed by atoms with van der Waals surface area (Å²) in [6.07, 6.45) is 1.02. The molecule has 0 fully saturated rings. The summed E-state index contributed by atoms with van der Waals surface area (Å²) in [7, 11) is 0. The lowest BCUT2D eigenvalue weighted by Gasteiger charge is -1.79.